The molecular weight excluding hydrogens is 716 g/mol. The number of nitrogens with one attached hydrogen (secondary N) is 1. The van der Waals surface area contributed by atoms with Gasteiger partial charge >= 0.3 is 11.9 Å². The lowest BCUT2D eigenvalue weighted by Crippen LogP contribution is -2.64. The zero-order chi connectivity index (χ0) is 40.6. The van der Waals surface area contributed by atoms with Crippen molar-refractivity contribution >= 4 is 29.7 Å². The average molecular weight is 767 g/mol. The molecule has 1 aliphatic rings. The van der Waals surface area contributed by atoms with Gasteiger partial charge in [-0.05, 0) is 79.5 Å². The van der Waals surface area contributed by atoms with E-state index in [1.54, 1.807) is 31.3 Å². The number of hydrogen-bond acceptors (Lipinski definition) is 8. The van der Waals surface area contributed by atoms with Gasteiger partial charge in [-0.2, -0.15) is 0 Å². The van der Waals surface area contributed by atoms with Gasteiger partial charge in [0.05, 0.1) is 30.2 Å². The van der Waals surface area contributed by atoms with Crippen LogP contribution in [0.1, 0.15) is 37.8 Å². The maximum absolute atomic E-state index is 14.2. The van der Waals surface area contributed by atoms with E-state index in [1.807, 2.05) is 98.8 Å². The minimum absolute atomic E-state index is 0.163. The fourth-order valence-corrected chi connectivity index (χ4v) is 6.66. The van der Waals surface area contributed by atoms with Crippen LogP contribution in [0.15, 0.2) is 109 Å². The zero-order valence-corrected chi connectivity index (χ0v) is 31.9. The number of primary amides is 1. The molecule has 56 heavy (non-hydrogen) atoms. The van der Waals surface area contributed by atoms with Crippen LogP contribution in [-0.4, -0.2) is 76.4 Å². The van der Waals surface area contributed by atoms with Gasteiger partial charge in [-0.1, -0.05) is 74.5 Å². The quantitative estimate of drug-likeness (QED) is 0.0966. The maximum atomic E-state index is 14.2. The zero-order valence-electron chi connectivity index (χ0n) is 31.9. The highest BCUT2D eigenvalue weighted by atomic mass is 16.5. The number of carbonyl (C=O) groups is 5. The summed E-state index contributed by atoms with van der Waals surface area (Å²) in [4.78, 5) is 66.2. The van der Waals surface area contributed by atoms with Gasteiger partial charge in [-0.3, -0.25) is 24.0 Å². The molecule has 5 N–H and O–H groups in total. The first-order valence-corrected chi connectivity index (χ1v) is 18.6. The third kappa shape index (κ3) is 11.6. The highest BCUT2D eigenvalue weighted by Crippen LogP contribution is 2.49. The molecule has 4 aromatic carbocycles. The van der Waals surface area contributed by atoms with E-state index < -0.39 is 47.4 Å². The fourth-order valence-electron chi connectivity index (χ4n) is 6.66. The Bertz CT molecular complexity index is 1760. The normalized spacial score (nSPS) is 16.9. The van der Waals surface area contributed by atoms with Crippen LogP contribution < -0.4 is 20.5 Å². The van der Waals surface area contributed by atoms with Gasteiger partial charge in [0.1, 0.15) is 23.0 Å². The van der Waals surface area contributed by atoms with Crippen molar-refractivity contribution in [2.45, 2.75) is 39.8 Å². The molecule has 1 aliphatic carbocycles. The summed E-state index contributed by atoms with van der Waals surface area (Å²) in [5.74, 6) is -7.35. The molecule has 0 saturated heterocycles. The summed E-state index contributed by atoms with van der Waals surface area (Å²) in [5, 5.41) is 22.9. The molecule has 13 heteroatoms. The van der Waals surface area contributed by atoms with E-state index in [-0.39, 0.29) is 25.5 Å². The Labute approximate surface area is 327 Å². The van der Waals surface area contributed by atoms with E-state index in [0.29, 0.717) is 48.9 Å². The lowest BCUT2D eigenvalue weighted by molar-refractivity contribution is -0.187. The number of carboxylic acid groups (broad SMARTS) is 2. The van der Waals surface area contributed by atoms with Crippen molar-refractivity contribution in [2.24, 2.45) is 29.4 Å². The molecule has 0 heterocycles. The molecular formula is C43H50N4O9. The lowest BCUT2D eigenvalue weighted by Gasteiger charge is -2.48. The van der Waals surface area contributed by atoms with Gasteiger partial charge in [-0.15, -0.1) is 0 Å². The van der Waals surface area contributed by atoms with Crippen molar-refractivity contribution < 1.29 is 43.7 Å². The second kappa shape index (κ2) is 21.0. The number of ether oxygens (including phenoxy) is 2. The molecule has 3 amide bonds. The van der Waals surface area contributed by atoms with Crippen molar-refractivity contribution in [2.75, 3.05) is 26.7 Å². The molecule has 13 nitrogen and oxygen atoms in total. The molecule has 0 bridgehead atoms. The van der Waals surface area contributed by atoms with Gasteiger partial charge in [0.25, 0.3) is 0 Å². The van der Waals surface area contributed by atoms with E-state index in [4.69, 9.17) is 15.2 Å². The number of carbonyl (C=O) groups excluding carboxylic acids is 3. The Kier molecular flexibility index (Phi) is 16.0. The van der Waals surface area contributed by atoms with Crippen molar-refractivity contribution in [3.63, 3.8) is 0 Å². The maximum Gasteiger partial charge on any atom is 0.308 e. The van der Waals surface area contributed by atoms with Gasteiger partial charge in [0.15, 0.2) is 0 Å². The Balaban J connectivity index is 0.00000107. The molecule has 5 rings (SSSR count). The fraction of sp³-hybridized carbons (Fsp3) is 0.326. The van der Waals surface area contributed by atoms with E-state index in [1.165, 1.54) is 9.80 Å². The predicted molar refractivity (Wildman–Crippen MR) is 210 cm³/mol. The molecule has 0 aliphatic heterocycles. The van der Waals surface area contributed by atoms with Crippen LogP contribution in [0.3, 0.4) is 0 Å². The van der Waals surface area contributed by atoms with Crippen molar-refractivity contribution in [1.29, 1.82) is 0 Å². The monoisotopic (exact) mass is 766 g/mol. The van der Waals surface area contributed by atoms with Crippen LogP contribution in [-0.2, 0) is 37.1 Å². The summed E-state index contributed by atoms with van der Waals surface area (Å²) in [7, 11) is 1.67. The SMILES string of the molecule is CCCN(Cc1ccc(Oc2ccccc2)cc1)C(=O)[C@H]1[C@@H](C(=O)O)[C@H](C(=O)O)[C@@H]1C(=O)N(CCC)Cc1ccc(Oc2ccccc2)cc1.CNCC(N)=O. The largest absolute Gasteiger partial charge is 0.481 e. The van der Waals surface area contributed by atoms with Crippen molar-refractivity contribution in [3.05, 3.63) is 120 Å². The minimum Gasteiger partial charge on any atom is -0.481 e. The summed E-state index contributed by atoms with van der Waals surface area (Å²) in [6.45, 7) is 4.99. The number of para-hydroxylation sites is 2. The summed E-state index contributed by atoms with van der Waals surface area (Å²) < 4.78 is 11.8. The van der Waals surface area contributed by atoms with Gasteiger partial charge in [-0.25, -0.2) is 0 Å². The molecule has 0 unspecified atom stereocenters. The van der Waals surface area contributed by atoms with E-state index in [0.717, 1.165) is 11.1 Å². The summed E-state index contributed by atoms with van der Waals surface area (Å²) in [6.07, 6.45) is 1.16. The Hall–Kier alpha value is -6.21. The molecule has 1 saturated carbocycles. The van der Waals surface area contributed by atoms with Crippen LogP contribution in [0.5, 0.6) is 23.0 Å². The second-order valence-corrected chi connectivity index (χ2v) is 13.4. The minimum atomic E-state index is -1.53. The number of nitrogens with zero attached hydrogens (tertiary/aromatic N) is 2. The molecule has 1 fully saturated rings. The molecule has 4 atom stereocenters. The molecule has 0 radical (unpaired) electrons. The van der Waals surface area contributed by atoms with Crippen LogP contribution >= 0.6 is 0 Å². The smallest absolute Gasteiger partial charge is 0.308 e. The molecule has 296 valence electrons. The third-order valence-electron chi connectivity index (χ3n) is 9.20. The highest BCUT2D eigenvalue weighted by Gasteiger charge is 2.64. The number of amides is 3. The number of rotatable bonds is 18. The predicted octanol–water partition coefficient (Wildman–Crippen LogP) is 5.79. The highest BCUT2D eigenvalue weighted by molar-refractivity contribution is 5.99. The first kappa shape index (κ1) is 42.5. The first-order chi connectivity index (χ1) is 27.0. The third-order valence-corrected chi connectivity index (χ3v) is 9.20. The van der Waals surface area contributed by atoms with Gasteiger partial charge in [0.2, 0.25) is 17.7 Å². The first-order valence-electron chi connectivity index (χ1n) is 18.6. The van der Waals surface area contributed by atoms with Crippen molar-refractivity contribution in [1.82, 2.24) is 15.1 Å². The number of likely N-dealkylation sites (N-methyl/N-ethyl adjacent to an activating group) is 1. The summed E-state index contributed by atoms with van der Waals surface area (Å²) in [5.41, 5.74) is 6.26. The van der Waals surface area contributed by atoms with Crippen LogP contribution in [0.2, 0.25) is 0 Å². The summed E-state index contributed by atoms with van der Waals surface area (Å²) >= 11 is 0. The van der Waals surface area contributed by atoms with Crippen molar-refractivity contribution in [3.8, 4) is 23.0 Å². The molecule has 4 aromatic rings. The number of benzene rings is 4. The Morgan fingerprint density at radius 2 is 0.911 bits per heavy atom. The van der Waals surface area contributed by atoms with Gasteiger partial charge in [0, 0.05) is 26.2 Å². The number of aliphatic carboxylic acids is 2. The van der Waals surface area contributed by atoms with Crippen LogP contribution in [0.4, 0.5) is 0 Å². The van der Waals surface area contributed by atoms with E-state index in [2.05, 4.69) is 5.32 Å². The molecule has 0 spiro atoms. The van der Waals surface area contributed by atoms with E-state index in [9.17, 15) is 34.2 Å². The number of hydrogen-bond donors (Lipinski definition) is 4. The number of nitrogens with two attached hydrogens (primary N) is 1. The van der Waals surface area contributed by atoms with Gasteiger partial charge < -0.3 is 40.5 Å². The topological polar surface area (TPSA) is 189 Å². The number of carboxylic acids is 2. The summed E-state index contributed by atoms with van der Waals surface area (Å²) in [6, 6.07) is 33.1. The van der Waals surface area contributed by atoms with Crippen LogP contribution in [0.25, 0.3) is 0 Å². The molecule has 0 aromatic heterocycles. The standard InChI is InChI=1S/C40H42N2O8.C3H8N2O/c1-3-23-41(25-27-15-19-31(20-16-27)49-29-11-7-5-8-12-29)37(43)33-34(36(40(47)48)35(33)39(45)46)38(44)42(24-4-2)26-28-17-21-32(22-18-28)50-30-13-9-6-10-14-30;1-5-2-3(4)6/h5-22,33-36H,3-4,23-26H2,1-2H3,(H,45,46)(H,47,48);5H,2H2,1H3,(H2,4,6)/t33-,34-,35-,36-;/m1./s1. The van der Waals surface area contributed by atoms with E-state index >= 15 is 0 Å². The van der Waals surface area contributed by atoms with Crippen LogP contribution in [0, 0.1) is 23.7 Å². The Morgan fingerprint density at radius 3 is 1.18 bits per heavy atom. The Morgan fingerprint density at radius 1 is 0.571 bits per heavy atom. The second-order valence-electron chi connectivity index (χ2n) is 13.4. The lowest BCUT2D eigenvalue weighted by atomic mass is 9.55. The average Bonchev–Trinajstić information content (AvgIpc) is 3.16.